The molecule has 6 nitrogen and oxygen atoms in total. The first-order valence-electron chi connectivity index (χ1n) is 10.0. The van der Waals surface area contributed by atoms with Crippen LogP contribution < -0.4 is 14.4 Å². The minimum Gasteiger partial charge on any atom is -0.490 e. The molecule has 2 aromatic rings. The number of hydrogen-bond donors (Lipinski definition) is 1. The summed E-state index contributed by atoms with van der Waals surface area (Å²) in [5.41, 5.74) is 1.08. The molecule has 7 heteroatoms. The maximum atomic E-state index is 12.9. The number of nitrogens with zero attached hydrogens (tertiary/aromatic N) is 1. The highest BCUT2D eigenvalue weighted by Gasteiger charge is 2.31. The summed E-state index contributed by atoms with van der Waals surface area (Å²) in [4.78, 5) is 12.9. The zero-order valence-electron chi connectivity index (χ0n) is 16.9. The normalized spacial score (nSPS) is 15.7. The van der Waals surface area contributed by atoms with E-state index in [4.69, 9.17) is 4.74 Å². The third-order valence-corrected chi connectivity index (χ3v) is 6.25. The molecule has 0 heterocycles. The largest absolute Gasteiger partial charge is 0.490 e. The van der Waals surface area contributed by atoms with Crippen molar-refractivity contribution in [1.29, 1.82) is 0 Å². The van der Waals surface area contributed by atoms with E-state index in [0.717, 1.165) is 24.8 Å². The number of sulfonamides is 1. The first kappa shape index (κ1) is 21.2. The fourth-order valence-electron chi connectivity index (χ4n) is 3.68. The molecule has 0 radical (unpaired) electrons. The van der Waals surface area contributed by atoms with Gasteiger partial charge in [-0.3, -0.25) is 9.10 Å². The molecule has 0 spiro atoms. The van der Waals surface area contributed by atoms with Gasteiger partial charge in [-0.2, -0.15) is 0 Å². The zero-order chi connectivity index (χ0) is 20.9. The Morgan fingerprint density at radius 1 is 1.10 bits per heavy atom. The van der Waals surface area contributed by atoms with E-state index in [0.29, 0.717) is 17.8 Å². The Kier molecular flexibility index (Phi) is 6.79. The fourth-order valence-corrected chi connectivity index (χ4v) is 4.89. The van der Waals surface area contributed by atoms with Crippen LogP contribution in [0, 0.1) is 0 Å². The van der Waals surface area contributed by atoms with Crippen LogP contribution in [0.3, 0.4) is 0 Å². The topological polar surface area (TPSA) is 75.7 Å². The highest BCUT2D eigenvalue weighted by atomic mass is 32.2. The molecule has 156 valence electrons. The summed E-state index contributed by atoms with van der Waals surface area (Å²) in [6, 6.07) is 15.1. The van der Waals surface area contributed by atoms with Gasteiger partial charge in [0, 0.05) is 5.69 Å². The van der Waals surface area contributed by atoms with E-state index < -0.39 is 16.1 Å². The maximum absolute atomic E-state index is 12.9. The van der Waals surface area contributed by atoms with Crippen LogP contribution in [0.4, 0.5) is 11.4 Å². The third kappa shape index (κ3) is 5.50. The number of anilines is 2. The van der Waals surface area contributed by atoms with Crippen molar-refractivity contribution in [2.75, 3.05) is 15.9 Å². The number of nitrogens with one attached hydrogen (secondary N) is 1. The van der Waals surface area contributed by atoms with E-state index in [1.54, 1.807) is 49.4 Å². The number of benzene rings is 2. The third-order valence-electron chi connectivity index (χ3n) is 5.07. The molecule has 1 amide bonds. The Labute approximate surface area is 172 Å². The van der Waals surface area contributed by atoms with E-state index in [-0.39, 0.29) is 12.0 Å². The Bertz CT molecular complexity index is 908. The molecule has 1 N–H and O–H groups in total. The van der Waals surface area contributed by atoms with Crippen molar-refractivity contribution in [2.24, 2.45) is 0 Å². The Hall–Kier alpha value is -2.54. The highest BCUT2D eigenvalue weighted by Crippen LogP contribution is 2.26. The number of carbonyl (C=O) groups is 1. The van der Waals surface area contributed by atoms with Crippen molar-refractivity contribution in [3.8, 4) is 5.75 Å². The second-order valence-electron chi connectivity index (χ2n) is 7.36. The maximum Gasteiger partial charge on any atom is 0.248 e. The van der Waals surface area contributed by atoms with Crippen molar-refractivity contribution in [3.05, 3.63) is 54.6 Å². The van der Waals surface area contributed by atoms with Crippen LogP contribution in [-0.2, 0) is 14.8 Å². The van der Waals surface area contributed by atoms with Crippen LogP contribution in [0.2, 0.25) is 0 Å². The van der Waals surface area contributed by atoms with Gasteiger partial charge in [0.15, 0.2) is 0 Å². The SMILES string of the molecule is CC[C@@H](C(=O)Nc1ccc(OC2CCCC2)cc1)N(c1ccccc1)S(C)(=O)=O. The highest BCUT2D eigenvalue weighted by molar-refractivity contribution is 7.92. The molecule has 0 aromatic heterocycles. The first-order chi connectivity index (χ1) is 13.9. The molecule has 3 rings (SSSR count). The Morgan fingerprint density at radius 3 is 2.28 bits per heavy atom. The number of para-hydroxylation sites is 1. The lowest BCUT2D eigenvalue weighted by molar-refractivity contribution is -0.117. The average molecular weight is 417 g/mol. The van der Waals surface area contributed by atoms with E-state index in [1.165, 1.54) is 17.1 Å². The van der Waals surface area contributed by atoms with Gasteiger partial charge in [-0.05, 0) is 68.5 Å². The molecule has 0 aliphatic heterocycles. The second kappa shape index (κ2) is 9.31. The number of hydrogen-bond acceptors (Lipinski definition) is 4. The summed E-state index contributed by atoms with van der Waals surface area (Å²) in [5, 5.41) is 2.84. The molecule has 2 aromatic carbocycles. The van der Waals surface area contributed by atoms with Crippen LogP contribution in [0.5, 0.6) is 5.75 Å². The summed E-state index contributed by atoms with van der Waals surface area (Å²) in [7, 11) is -3.63. The molecule has 1 atom stereocenters. The van der Waals surface area contributed by atoms with Gasteiger partial charge < -0.3 is 10.1 Å². The van der Waals surface area contributed by atoms with Crippen LogP contribution >= 0.6 is 0 Å². The van der Waals surface area contributed by atoms with Gasteiger partial charge in [0.2, 0.25) is 15.9 Å². The number of amides is 1. The molecular weight excluding hydrogens is 388 g/mol. The van der Waals surface area contributed by atoms with Crippen molar-refractivity contribution in [2.45, 2.75) is 51.2 Å². The van der Waals surface area contributed by atoms with Gasteiger partial charge in [-0.25, -0.2) is 8.42 Å². The Morgan fingerprint density at radius 2 is 1.72 bits per heavy atom. The minimum atomic E-state index is -3.63. The molecule has 1 aliphatic carbocycles. The summed E-state index contributed by atoms with van der Waals surface area (Å²) in [6.07, 6.45) is 6.30. The van der Waals surface area contributed by atoms with Crippen molar-refractivity contribution >= 4 is 27.3 Å². The lowest BCUT2D eigenvalue weighted by Crippen LogP contribution is -2.46. The fraction of sp³-hybridized carbons (Fsp3) is 0.409. The van der Waals surface area contributed by atoms with E-state index in [9.17, 15) is 13.2 Å². The molecule has 29 heavy (non-hydrogen) atoms. The molecule has 0 bridgehead atoms. The molecule has 0 saturated heterocycles. The van der Waals surface area contributed by atoms with Gasteiger partial charge in [-0.15, -0.1) is 0 Å². The predicted molar refractivity (Wildman–Crippen MR) is 116 cm³/mol. The van der Waals surface area contributed by atoms with Gasteiger partial charge in [-0.1, -0.05) is 25.1 Å². The Balaban J connectivity index is 1.73. The smallest absolute Gasteiger partial charge is 0.248 e. The minimum absolute atomic E-state index is 0.272. The van der Waals surface area contributed by atoms with Crippen molar-refractivity contribution < 1.29 is 17.9 Å². The van der Waals surface area contributed by atoms with Gasteiger partial charge in [0.25, 0.3) is 0 Å². The molecule has 1 fully saturated rings. The number of ether oxygens (including phenoxy) is 1. The monoisotopic (exact) mass is 416 g/mol. The van der Waals surface area contributed by atoms with Gasteiger partial charge in [0.1, 0.15) is 11.8 Å². The second-order valence-corrected chi connectivity index (χ2v) is 9.22. The van der Waals surface area contributed by atoms with Crippen LogP contribution in [0.15, 0.2) is 54.6 Å². The van der Waals surface area contributed by atoms with Crippen molar-refractivity contribution in [1.82, 2.24) is 0 Å². The van der Waals surface area contributed by atoms with E-state index >= 15 is 0 Å². The molecule has 1 aliphatic rings. The lowest BCUT2D eigenvalue weighted by Gasteiger charge is -2.30. The van der Waals surface area contributed by atoms with Crippen LogP contribution in [0.1, 0.15) is 39.0 Å². The van der Waals surface area contributed by atoms with Gasteiger partial charge >= 0.3 is 0 Å². The van der Waals surface area contributed by atoms with Crippen LogP contribution in [-0.4, -0.2) is 32.7 Å². The number of carbonyl (C=O) groups excluding carboxylic acids is 1. The number of rotatable bonds is 8. The molecular formula is C22H28N2O4S. The lowest BCUT2D eigenvalue weighted by atomic mass is 10.1. The summed E-state index contributed by atoms with van der Waals surface area (Å²) < 4.78 is 32.0. The standard InChI is InChI=1S/C22H28N2O4S/c1-3-21(24(29(2,26)27)18-9-5-4-6-10-18)22(25)23-17-13-15-20(16-14-17)28-19-11-7-8-12-19/h4-6,9-10,13-16,19,21H,3,7-8,11-12H2,1-2H3,(H,23,25)/t21-/m0/s1. The summed E-state index contributed by atoms with van der Waals surface area (Å²) in [6.45, 7) is 1.80. The first-order valence-corrected chi connectivity index (χ1v) is 11.9. The predicted octanol–water partition coefficient (Wildman–Crippen LogP) is 4.19. The average Bonchev–Trinajstić information content (AvgIpc) is 3.20. The summed E-state index contributed by atoms with van der Waals surface area (Å²) in [5.74, 6) is 0.412. The van der Waals surface area contributed by atoms with Crippen molar-refractivity contribution in [3.63, 3.8) is 0 Å². The quantitative estimate of drug-likeness (QED) is 0.700. The molecule has 0 unspecified atom stereocenters. The van der Waals surface area contributed by atoms with E-state index in [1.807, 2.05) is 12.1 Å². The molecule has 1 saturated carbocycles. The van der Waals surface area contributed by atoms with Crippen LogP contribution in [0.25, 0.3) is 0 Å². The van der Waals surface area contributed by atoms with Gasteiger partial charge in [0.05, 0.1) is 18.0 Å². The van der Waals surface area contributed by atoms with E-state index in [2.05, 4.69) is 5.32 Å². The zero-order valence-corrected chi connectivity index (χ0v) is 17.7. The summed E-state index contributed by atoms with van der Waals surface area (Å²) >= 11 is 0.